The van der Waals surface area contributed by atoms with Crippen LogP contribution in [0.3, 0.4) is 0 Å². The van der Waals surface area contributed by atoms with Crippen molar-refractivity contribution in [2.45, 2.75) is 19.3 Å². The summed E-state index contributed by atoms with van der Waals surface area (Å²) in [6.07, 6.45) is 0.522. The van der Waals surface area contributed by atoms with Crippen molar-refractivity contribution in [3.8, 4) is 23.0 Å². The van der Waals surface area contributed by atoms with Gasteiger partial charge in [0.15, 0.2) is 5.78 Å². The first-order valence-electron chi connectivity index (χ1n) is 7.99. The van der Waals surface area contributed by atoms with Gasteiger partial charge in [-0.05, 0) is 18.1 Å². The zero-order chi connectivity index (χ0) is 19.2. The highest BCUT2D eigenvalue weighted by molar-refractivity contribution is 6.36. The molecule has 0 spiro atoms. The van der Waals surface area contributed by atoms with E-state index in [0.29, 0.717) is 17.5 Å². The number of hydrogen-bond acceptors (Lipinski definition) is 6. The van der Waals surface area contributed by atoms with Gasteiger partial charge >= 0.3 is 0 Å². The minimum Gasteiger partial charge on any atom is -0.508 e. The molecule has 6 nitrogen and oxygen atoms in total. The van der Waals surface area contributed by atoms with E-state index in [1.165, 1.54) is 19.2 Å². The number of aryl methyl sites for hydroxylation is 1. The Bertz CT molecular complexity index is 948. The lowest BCUT2D eigenvalue weighted by molar-refractivity contribution is -0.117. The fourth-order valence-electron chi connectivity index (χ4n) is 3.17. The molecule has 0 heterocycles. The van der Waals surface area contributed by atoms with Crippen LogP contribution in [0.15, 0.2) is 30.0 Å². The van der Waals surface area contributed by atoms with Crippen molar-refractivity contribution in [1.82, 2.24) is 0 Å². The summed E-state index contributed by atoms with van der Waals surface area (Å²) in [5.74, 6) is -1.83. The number of carbonyl (C=O) groups is 1. The van der Waals surface area contributed by atoms with E-state index < -0.39 is 5.92 Å². The van der Waals surface area contributed by atoms with E-state index in [0.717, 1.165) is 6.07 Å². The first-order chi connectivity index (χ1) is 12.3. The predicted octanol–water partition coefficient (Wildman–Crippen LogP) is 1.59. The number of carbonyl (C=O) groups excluding carboxylic acids is 1. The SMILES string of the molecule is [B]c1cc(C2=C(OC)C(c3cc(CC)c(O)cc3O)C2=O)c(O)cc1O. The van der Waals surface area contributed by atoms with Crippen molar-refractivity contribution < 1.29 is 30.0 Å². The summed E-state index contributed by atoms with van der Waals surface area (Å²) < 4.78 is 5.35. The summed E-state index contributed by atoms with van der Waals surface area (Å²) in [6, 6.07) is 5.11. The van der Waals surface area contributed by atoms with Crippen LogP contribution >= 0.6 is 0 Å². The second kappa shape index (κ2) is 6.33. The molecule has 0 aliphatic heterocycles. The van der Waals surface area contributed by atoms with Gasteiger partial charge in [-0.15, -0.1) is 0 Å². The summed E-state index contributed by atoms with van der Waals surface area (Å²) >= 11 is 0. The Balaban J connectivity index is 2.14. The lowest BCUT2D eigenvalue weighted by Crippen LogP contribution is -2.30. The zero-order valence-corrected chi connectivity index (χ0v) is 14.3. The molecule has 7 heteroatoms. The maximum Gasteiger partial charge on any atom is 0.182 e. The number of phenolic OH excluding ortho intramolecular Hbond substituents is 4. The van der Waals surface area contributed by atoms with Crippen LogP contribution in [0.4, 0.5) is 0 Å². The average molecular weight is 352 g/mol. The standard InChI is InChI=1S/C19H17BO6/c1-3-8-4-9(13(22)6-12(8)21)16-18(25)17(19(16)26-2)10-5-11(20)15(24)7-14(10)23/h4-7,16,21-24H,3H2,1-2H3. The Morgan fingerprint density at radius 2 is 1.65 bits per heavy atom. The molecule has 0 amide bonds. The molecule has 132 valence electrons. The second-order valence-corrected chi connectivity index (χ2v) is 6.06. The van der Waals surface area contributed by atoms with Gasteiger partial charge in [0, 0.05) is 23.3 Å². The Labute approximate surface area is 151 Å². The monoisotopic (exact) mass is 352 g/mol. The van der Waals surface area contributed by atoms with Gasteiger partial charge in [0.1, 0.15) is 42.5 Å². The Morgan fingerprint density at radius 3 is 2.27 bits per heavy atom. The number of hydrogen-bond donors (Lipinski definition) is 4. The molecule has 1 atom stereocenters. The Hall–Kier alpha value is -3.09. The van der Waals surface area contributed by atoms with Crippen LogP contribution in [0.2, 0.25) is 0 Å². The molecule has 4 N–H and O–H groups in total. The van der Waals surface area contributed by atoms with Crippen molar-refractivity contribution in [3.63, 3.8) is 0 Å². The van der Waals surface area contributed by atoms with Crippen LogP contribution < -0.4 is 5.46 Å². The van der Waals surface area contributed by atoms with Crippen molar-refractivity contribution in [2.24, 2.45) is 0 Å². The highest BCUT2D eigenvalue weighted by Gasteiger charge is 2.44. The normalized spacial score (nSPS) is 16.5. The van der Waals surface area contributed by atoms with E-state index in [4.69, 9.17) is 12.6 Å². The van der Waals surface area contributed by atoms with E-state index in [-0.39, 0.29) is 51.1 Å². The van der Waals surface area contributed by atoms with Gasteiger partial charge in [0.25, 0.3) is 0 Å². The molecule has 2 aromatic rings. The number of Topliss-reactive ketones (excluding diaryl/α,β-unsaturated/α-hetero) is 1. The molecule has 0 saturated carbocycles. The third-order valence-electron chi connectivity index (χ3n) is 4.57. The number of allylic oxidation sites excluding steroid dienone is 2. The number of ketones is 1. The number of ether oxygens (including phenoxy) is 1. The van der Waals surface area contributed by atoms with Crippen LogP contribution in [0.1, 0.15) is 29.5 Å². The lowest BCUT2D eigenvalue weighted by atomic mass is 9.73. The summed E-state index contributed by atoms with van der Waals surface area (Å²) in [5, 5.41) is 39.7. The summed E-state index contributed by atoms with van der Waals surface area (Å²) in [4.78, 5) is 12.8. The molecule has 1 unspecified atom stereocenters. The molecule has 26 heavy (non-hydrogen) atoms. The number of rotatable bonds is 4. The van der Waals surface area contributed by atoms with E-state index in [1.54, 1.807) is 6.07 Å². The number of benzene rings is 2. The minimum absolute atomic E-state index is 0.0118. The smallest absolute Gasteiger partial charge is 0.182 e. The predicted molar refractivity (Wildman–Crippen MR) is 96.0 cm³/mol. The van der Waals surface area contributed by atoms with Crippen molar-refractivity contribution >= 4 is 24.7 Å². The summed E-state index contributed by atoms with van der Waals surface area (Å²) in [6.45, 7) is 1.84. The van der Waals surface area contributed by atoms with Crippen LogP contribution in [0.5, 0.6) is 23.0 Å². The number of methoxy groups -OCH3 is 1. The molecule has 2 aromatic carbocycles. The largest absolute Gasteiger partial charge is 0.508 e. The van der Waals surface area contributed by atoms with Gasteiger partial charge in [-0.3, -0.25) is 4.79 Å². The van der Waals surface area contributed by atoms with Crippen LogP contribution in [-0.4, -0.2) is 41.2 Å². The highest BCUT2D eigenvalue weighted by Crippen LogP contribution is 2.49. The van der Waals surface area contributed by atoms with Gasteiger partial charge in [0.05, 0.1) is 12.7 Å². The number of phenols is 4. The number of aromatic hydroxyl groups is 4. The summed E-state index contributed by atoms with van der Waals surface area (Å²) in [7, 11) is 7.04. The first-order valence-corrected chi connectivity index (χ1v) is 7.99. The zero-order valence-electron chi connectivity index (χ0n) is 14.3. The molecular weight excluding hydrogens is 335 g/mol. The molecule has 0 fully saturated rings. The fourth-order valence-corrected chi connectivity index (χ4v) is 3.17. The summed E-state index contributed by atoms with van der Waals surface area (Å²) in [5.41, 5.74) is 1.19. The molecule has 3 rings (SSSR count). The third-order valence-corrected chi connectivity index (χ3v) is 4.57. The first kappa shape index (κ1) is 17.7. The lowest BCUT2D eigenvalue weighted by Gasteiger charge is -2.32. The molecule has 2 radical (unpaired) electrons. The van der Waals surface area contributed by atoms with E-state index >= 15 is 0 Å². The molecule has 0 bridgehead atoms. The molecule has 1 aliphatic rings. The molecule has 0 aromatic heterocycles. The molecular formula is C19H17BO6. The van der Waals surface area contributed by atoms with Crippen LogP contribution in [0, 0.1) is 0 Å². The highest BCUT2D eigenvalue weighted by atomic mass is 16.5. The van der Waals surface area contributed by atoms with Crippen LogP contribution in [0.25, 0.3) is 5.57 Å². The van der Waals surface area contributed by atoms with Gasteiger partial charge in [-0.2, -0.15) is 0 Å². The second-order valence-electron chi connectivity index (χ2n) is 6.06. The Morgan fingerprint density at radius 1 is 1.00 bits per heavy atom. The van der Waals surface area contributed by atoms with Crippen molar-refractivity contribution in [3.05, 3.63) is 46.7 Å². The molecule has 0 saturated heterocycles. The average Bonchev–Trinajstić information content (AvgIpc) is 2.59. The minimum atomic E-state index is -0.852. The van der Waals surface area contributed by atoms with Gasteiger partial charge < -0.3 is 25.2 Å². The quantitative estimate of drug-likeness (QED) is 0.623. The van der Waals surface area contributed by atoms with Gasteiger partial charge in [0.2, 0.25) is 0 Å². The van der Waals surface area contributed by atoms with Gasteiger partial charge in [-0.1, -0.05) is 18.5 Å². The Kier molecular flexibility index (Phi) is 4.32. The van der Waals surface area contributed by atoms with Crippen molar-refractivity contribution in [1.29, 1.82) is 0 Å². The van der Waals surface area contributed by atoms with E-state index in [9.17, 15) is 25.2 Å². The topological polar surface area (TPSA) is 107 Å². The molecule has 1 aliphatic carbocycles. The fraction of sp³-hybridized carbons (Fsp3) is 0.211. The van der Waals surface area contributed by atoms with E-state index in [1.807, 2.05) is 6.92 Å². The van der Waals surface area contributed by atoms with Gasteiger partial charge in [-0.25, -0.2) is 0 Å². The van der Waals surface area contributed by atoms with Crippen molar-refractivity contribution in [2.75, 3.05) is 7.11 Å². The third kappa shape index (κ3) is 2.56. The maximum absolute atomic E-state index is 12.8. The maximum atomic E-state index is 12.8. The van der Waals surface area contributed by atoms with Crippen LogP contribution in [-0.2, 0) is 16.0 Å². The van der Waals surface area contributed by atoms with E-state index in [2.05, 4.69) is 0 Å².